The number of rotatable bonds is 3. The van der Waals surface area contributed by atoms with Gasteiger partial charge in [0.25, 0.3) is 0 Å². The molecule has 0 atom stereocenters. The number of nitrogens with zero attached hydrogens (tertiary/aromatic N) is 1. The Hall–Kier alpha value is -0.810. The van der Waals surface area contributed by atoms with Crippen LogP contribution in [-0.2, 0) is 6.54 Å². The van der Waals surface area contributed by atoms with Crippen LogP contribution >= 0.6 is 31.9 Å². The highest BCUT2D eigenvalue weighted by Crippen LogP contribution is 2.30. The van der Waals surface area contributed by atoms with Crippen LogP contribution in [0.25, 0.3) is 0 Å². The number of hydrogen-bond acceptors (Lipinski definition) is 2. The third kappa shape index (κ3) is 2.47. The van der Waals surface area contributed by atoms with Crippen molar-refractivity contribution in [2.45, 2.75) is 13.5 Å². The third-order valence-electron chi connectivity index (χ3n) is 2.33. The van der Waals surface area contributed by atoms with Crippen molar-refractivity contribution in [2.75, 3.05) is 5.32 Å². The van der Waals surface area contributed by atoms with Crippen LogP contribution in [-0.4, -0.2) is 9.97 Å². The molecular weight excluding hydrogens is 334 g/mol. The molecule has 0 bridgehead atoms. The average Bonchev–Trinajstić information content (AvgIpc) is 2.64. The minimum absolute atomic E-state index is 0.705. The highest BCUT2D eigenvalue weighted by molar-refractivity contribution is 9.11. The minimum atomic E-state index is 0.705. The van der Waals surface area contributed by atoms with Gasteiger partial charge in [-0.25, -0.2) is 4.98 Å². The second kappa shape index (κ2) is 5.01. The lowest BCUT2D eigenvalue weighted by atomic mass is 10.3. The first-order valence-corrected chi connectivity index (χ1v) is 6.44. The zero-order chi connectivity index (χ0) is 11.5. The third-order valence-corrected chi connectivity index (χ3v) is 3.65. The number of H-pyrrole nitrogens is 1. The molecule has 1 aromatic carbocycles. The van der Waals surface area contributed by atoms with E-state index in [1.807, 2.05) is 25.1 Å². The molecular formula is C11H11Br2N3. The van der Waals surface area contributed by atoms with Gasteiger partial charge >= 0.3 is 0 Å². The van der Waals surface area contributed by atoms with Gasteiger partial charge in [0.2, 0.25) is 0 Å². The van der Waals surface area contributed by atoms with E-state index in [1.54, 1.807) is 6.33 Å². The summed E-state index contributed by atoms with van der Waals surface area (Å²) in [5.74, 6) is 0. The summed E-state index contributed by atoms with van der Waals surface area (Å²) in [4.78, 5) is 7.30. The Labute approximate surface area is 111 Å². The van der Waals surface area contributed by atoms with Crippen molar-refractivity contribution in [3.8, 4) is 0 Å². The number of aromatic amines is 1. The van der Waals surface area contributed by atoms with Crippen molar-refractivity contribution in [3.05, 3.63) is 44.9 Å². The highest BCUT2D eigenvalue weighted by Gasteiger charge is 2.05. The molecule has 0 saturated carbocycles. The van der Waals surface area contributed by atoms with Gasteiger partial charge in [-0.1, -0.05) is 6.07 Å². The number of halogens is 2. The molecule has 84 valence electrons. The summed E-state index contributed by atoms with van der Waals surface area (Å²) in [5, 5.41) is 3.35. The molecule has 1 aromatic heterocycles. The molecule has 0 saturated heterocycles. The van der Waals surface area contributed by atoms with Crippen LogP contribution in [0, 0.1) is 6.92 Å². The van der Waals surface area contributed by atoms with E-state index in [2.05, 4.69) is 47.1 Å². The molecule has 5 heteroatoms. The lowest BCUT2D eigenvalue weighted by Gasteiger charge is -2.09. The van der Waals surface area contributed by atoms with Crippen molar-refractivity contribution < 1.29 is 0 Å². The topological polar surface area (TPSA) is 40.7 Å². The Balaban J connectivity index is 2.14. The summed E-state index contributed by atoms with van der Waals surface area (Å²) >= 11 is 7.02. The first kappa shape index (κ1) is 11.7. The van der Waals surface area contributed by atoms with E-state index < -0.39 is 0 Å². The Morgan fingerprint density at radius 1 is 1.31 bits per heavy atom. The molecule has 3 nitrogen and oxygen atoms in total. The number of imidazole rings is 1. The SMILES string of the molecule is Cc1[nH]cnc1CNc1c(Br)cccc1Br. The van der Waals surface area contributed by atoms with Crippen LogP contribution < -0.4 is 5.32 Å². The minimum Gasteiger partial charge on any atom is -0.377 e. The number of benzene rings is 1. The van der Waals surface area contributed by atoms with E-state index >= 15 is 0 Å². The zero-order valence-electron chi connectivity index (χ0n) is 8.72. The number of para-hydroxylation sites is 1. The van der Waals surface area contributed by atoms with E-state index in [-0.39, 0.29) is 0 Å². The maximum atomic E-state index is 4.24. The van der Waals surface area contributed by atoms with E-state index in [9.17, 15) is 0 Å². The van der Waals surface area contributed by atoms with Crippen LogP contribution in [0.15, 0.2) is 33.5 Å². The summed E-state index contributed by atoms with van der Waals surface area (Å²) in [6.45, 7) is 2.72. The second-order valence-corrected chi connectivity index (χ2v) is 5.13. The Morgan fingerprint density at radius 2 is 2.00 bits per heavy atom. The normalized spacial score (nSPS) is 10.4. The van der Waals surface area contributed by atoms with Gasteiger partial charge in [0, 0.05) is 14.6 Å². The zero-order valence-corrected chi connectivity index (χ0v) is 11.9. The fraction of sp³-hybridized carbons (Fsp3) is 0.182. The predicted molar refractivity (Wildman–Crippen MR) is 72.5 cm³/mol. The fourth-order valence-corrected chi connectivity index (χ4v) is 2.68. The molecule has 0 unspecified atom stereocenters. The summed E-state index contributed by atoms with van der Waals surface area (Å²) in [5.41, 5.74) is 3.17. The maximum absolute atomic E-state index is 4.24. The van der Waals surface area contributed by atoms with Gasteiger partial charge in [-0.3, -0.25) is 0 Å². The quantitative estimate of drug-likeness (QED) is 0.887. The largest absolute Gasteiger partial charge is 0.377 e. The molecule has 0 aliphatic heterocycles. The summed E-state index contributed by atoms with van der Waals surface area (Å²) < 4.78 is 2.07. The van der Waals surface area contributed by atoms with Gasteiger partial charge in [0.05, 0.1) is 24.3 Å². The van der Waals surface area contributed by atoms with Gasteiger partial charge in [-0.2, -0.15) is 0 Å². The van der Waals surface area contributed by atoms with Crippen molar-refractivity contribution in [2.24, 2.45) is 0 Å². The van der Waals surface area contributed by atoms with Gasteiger partial charge in [0.15, 0.2) is 0 Å². The lowest BCUT2D eigenvalue weighted by Crippen LogP contribution is -2.02. The molecule has 2 rings (SSSR count). The van der Waals surface area contributed by atoms with Crippen LogP contribution in [0.4, 0.5) is 5.69 Å². The van der Waals surface area contributed by atoms with Crippen LogP contribution in [0.5, 0.6) is 0 Å². The maximum Gasteiger partial charge on any atom is 0.0925 e. The van der Waals surface area contributed by atoms with Crippen molar-refractivity contribution in [3.63, 3.8) is 0 Å². The summed E-state index contributed by atoms with van der Waals surface area (Å²) in [6, 6.07) is 5.99. The highest BCUT2D eigenvalue weighted by atomic mass is 79.9. The smallest absolute Gasteiger partial charge is 0.0925 e. The molecule has 0 radical (unpaired) electrons. The molecule has 0 fully saturated rings. The number of anilines is 1. The van der Waals surface area contributed by atoms with E-state index in [0.717, 1.165) is 26.0 Å². The number of aryl methyl sites for hydroxylation is 1. The fourth-order valence-electron chi connectivity index (χ4n) is 1.40. The first-order chi connectivity index (χ1) is 7.68. The number of hydrogen-bond donors (Lipinski definition) is 2. The molecule has 2 aromatic rings. The van der Waals surface area contributed by atoms with Gasteiger partial charge in [-0.05, 0) is 50.9 Å². The first-order valence-electron chi connectivity index (χ1n) is 4.85. The van der Waals surface area contributed by atoms with E-state index in [0.29, 0.717) is 6.54 Å². The van der Waals surface area contributed by atoms with Crippen molar-refractivity contribution in [1.82, 2.24) is 9.97 Å². The molecule has 0 spiro atoms. The number of aromatic nitrogens is 2. The molecule has 2 N–H and O–H groups in total. The number of nitrogens with one attached hydrogen (secondary N) is 2. The van der Waals surface area contributed by atoms with Gasteiger partial charge in [0.1, 0.15) is 0 Å². The standard InChI is InChI=1S/C11H11Br2N3/c1-7-10(16-6-15-7)5-14-11-8(12)3-2-4-9(11)13/h2-4,6,14H,5H2,1H3,(H,15,16). The van der Waals surface area contributed by atoms with Crippen LogP contribution in [0.1, 0.15) is 11.4 Å². The van der Waals surface area contributed by atoms with Crippen LogP contribution in [0.2, 0.25) is 0 Å². The molecule has 1 heterocycles. The molecule has 16 heavy (non-hydrogen) atoms. The lowest BCUT2D eigenvalue weighted by molar-refractivity contribution is 1.05. The van der Waals surface area contributed by atoms with Crippen LogP contribution in [0.3, 0.4) is 0 Å². The molecule has 0 aliphatic carbocycles. The van der Waals surface area contributed by atoms with Gasteiger partial charge in [-0.15, -0.1) is 0 Å². The Kier molecular flexibility index (Phi) is 3.66. The summed E-state index contributed by atoms with van der Waals surface area (Å²) in [6.07, 6.45) is 1.71. The average molecular weight is 345 g/mol. The predicted octanol–water partition coefficient (Wildman–Crippen LogP) is 3.86. The second-order valence-electron chi connectivity index (χ2n) is 3.42. The van der Waals surface area contributed by atoms with E-state index in [1.165, 1.54) is 0 Å². The Morgan fingerprint density at radius 3 is 2.56 bits per heavy atom. The molecule has 0 aliphatic rings. The van der Waals surface area contributed by atoms with E-state index in [4.69, 9.17) is 0 Å². The summed E-state index contributed by atoms with van der Waals surface area (Å²) in [7, 11) is 0. The van der Waals surface area contributed by atoms with Crippen molar-refractivity contribution >= 4 is 37.5 Å². The van der Waals surface area contributed by atoms with Gasteiger partial charge < -0.3 is 10.3 Å². The Bertz CT molecular complexity index is 473. The molecule has 0 amide bonds. The van der Waals surface area contributed by atoms with Crippen molar-refractivity contribution in [1.29, 1.82) is 0 Å². The monoisotopic (exact) mass is 343 g/mol.